The fourth-order valence-electron chi connectivity index (χ4n) is 3.16. The maximum absolute atomic E-state index is 13.4. The van der Waals surface area contributed by atoms with Crippen LogP contribution in [0.3, 0.4) is 0 Å². The number of hydrogen-bond donors (Lipinski definition) is 0. The van der Waals surface area contributed by atoms with Gasteiger partial charge in [0.05, 0.1) is 11.1 Å². The van der Waals surface area contributed by atoms with E-state index in [1.54, 1.807) is 36.4 Å². The SMILES string of the molecule is CN1CC(=Cc2cccnc2)C(=O)/C(=C/c2ccc(C(F)(F)F)cc2C(F)(F)F)C1. The molecule has 0 saturated carbocycles. The quantitative estimate of drug-likeness (QED) is 0.495. The van der Waals surface area contributed by atoms with E-state index in [4.69, 9.17) is 0 Å². The van der Waals surface area contributed by atoms with Gasteiger partial charge >= 0.3 is 12.4 Å². The smallest absolute Gasteiger partial charge is 0.298 e. The van der Waals surface area contributed by atoms with Gasteiger partial charge in [-0.2, -0.15) is 26.3 Å². The Kier molecular flexibility index (Phi) is 5.85. The molecule has 0 bridgehead atoms. The molecule has 1 saturated heterocycles. The first-order valence-corrected chi connectivity index (χ1v) is 8.78. The zero-order chi connectivity index (χ0) is 22.1. The molecular weight excluding hydrogens is 410 g/mol. The minimum Gasteiger partial charge on any atom is -0.298 e. The second-order valence-electron chi connectivity index (χ2n) is 6.92. The average molecular weight is 426 g/mol. The fourth-order valence-corrected chi connectivity index (χ4v) is 3.16. The number of nitrogens with zero attached hydrogens (tertiary/aromatic N) is 2. The Labute approximate surface area is 168 Å². The molecule has 2 heterocycles. The summed E-state index contributed by atoms with van der Waals surface area (Å²) < 4.78 is 78.8. The van der Waals surface area contributed by atoms with E-state index in [-0.39, 0.29) is 24.7 Å². The van der Waals surface area contributed by atoms with Crippen LogP contribution in [0.1, 0.15) is 22.3 Å². The third-order valence-electron chi connectivity index (χ3n) is 4.50. The van der Waals surface area contributed by atoms with Crippen molar-refractivity contribution in [1.29, 1.82) is 0 Å². The third kappa shape index (κ3) is 4.96. The summed E-state index contributed by atoms with van der Waals surface area (Å²) in [5.41, 5.74) is -2.27. The lowest BCUT2D eigenvalue weighted by molar-refractivity contribution is -0.143. The number of rotatable bonds is 2. The number of halogens is 6. The number of ketones is 1. The van der Waals surface area contributed by atoms with Gasteiger partial charge in [-0.1, -0.05) is 12.1 Å². The summed E-state index contributed by atoms with van der Waals surface area (Å²) in [6.45, 7) is 0.353. The van der Waals surface area contributed by atoms with Gasteiger partial charge in [-0.25, -0.2) is 0 Å². The third-order valence-corrected chi connectivity index (χ3v) is 4.50. The van der Waals surface area contributed by atoms with Crippen molar-refractivity contribution in [3.8, 4) is 0 Å². The summed E-state index contributed by atoms with van der Waals surface area (Å²) in [5.74, 6) is -0.454. The molecule has 1 aliphatic rings. The lowest BCUT2D eigenvalue weighted by Gasteiger charge is -2.26. The normalized spacial score (nSPS) is 19.0. The van der Waals surface area contributed by atoms with Crippen molar-refractivity contribution >= 4 is 17.9 Å². The summed E-state index contributed by atoms with van der Waals surface area (Å²) in [6.07, 6.45) is -4.21. The van der Waals surface area contributed by atoms with Gasteiger partial charge in [-0.05, 0) is 48.5 Å². The second-order valence-corrected chi connectivity index (χ2v) is 6.92. The number of carbonyl (C=O) groups is 1. The Hall–Kier alpha value is -2.94. The number of piperidine rings is 1. The zero-order valence-corrected chi connectivity index (χ0v) is 15.7. The lowest BCUT2D eigenvalue weighted by atomic mass is 9.93. The molecule has 0 radical (unpaired) electrons. The highest BCUT2D eigenvalue weighted by Gasteiger charge is 2.38. The maximum atomic E-state index is 13.4. The minimum atomic E-state index is -5.01. The van der Waals surface area contributed by atoms with E-state index >= 15 is 0 Å². The van der Waals surface area contributed by atoms with Gasteiger partial charge in [-0.3, -0.25) is 14.7 Å². The van der Waals surface area contributed by atoms with Crippen molar-refractivity contribution in [2.24, 2.45) is 0 Å². The first-order chi connectivity index (χ1) is 13.9. The Morgan fingerprint density at radius 1 is 0.967 bits per heavy atom. The molecule has 1 fully saturated rings. The highest BCUT2D eigenvalue weighted by Crippen LogP contribution is 2.38. The number of likely N-dealkylation sites (N-methyl/N-ethyl adjacent to an activating group) is 1. The van der Waals surface area contributed by atoms with Crippen molar-refractivity contribution in [3.63, 3.8) is 0 Å². The molecule has 1 aromatic carbocycles. The highest BCUT2D eigenvalue weighted by atomic mass is 19.4. The summed E-state index contributed by atoms with van der Waals surface area (Å²) >= 11 is 0. The first kappa shape index (κ1) is 21.8. The second kappa shape index (κ2) is 8.06. The molecule has 3 rings (SSSR count). The molecule has 0 unspecified atom stereocenters. The Bertz CT molecular complexity index is 1010. The van der Waals surface area contributed by atoms with Crippen LogP contribution in [0, 0.1) is 0 Å². The van der Waals surface area contributed by atoms with Crippen LogP contribution in [0.15, 0.2) is 53.9 Å². The van der Waals surface area contributed by atoms with Crippen LogP contribution >= 0.6 is 0 Å². The lowest BCUT2D eigenvalue weighted by Crippen LogP contribution is -2.34. The number of aromatic nitrogens is 1. The van der Waals surface area contributed by atoms with E-state index in [0.717, 1.165) is 12.1 Å². The number of alkyl halides is 6. The predicted octanol–water partition coefficient (Wildman–Crippen LogP) is 5.10. The molecule has 0 amide bonds. The molecule has 2 aromatic rings. The number of pyridine rings is 1. The fraction of sp³-hybridized carbons (Fsp3) is 0.238. The molecule has 0 atom stereocenters. The van der Waals surface area contributed by atoms with Crippen LogP contribution in [0.25, 0.3) is 12.2 Å². The molecule has 30 heavy (non-hydrogen) atoms. The summed E-state index contributed by atoms with van der Waals surface area (Å²) in [4.78, 5) is 18.5. The van der Waals surface area contributed by atoms with Crippen LogP contribution < -0.4 is 0 Å². The number of likely N-dealkylation sites (tertiary alicyclic amines) is 1. The summed E-state index contributed by atoms with van der Waals surface area (Å²) in [7, 11) is 1.69. The van der Waals surface area contributed by atoms with Crippen LogP contribution in [0.2, 0.25) is 0 Å². The van der Waals surface area contributed by atoms with Crippen LogP contribution in [-0.2, 0) is 17.1 Å². The molecule has 158 valence electrons. The molecular formula is C21H16F6N2O. The largest absolute Gasteiger partial charge is 0.417 e. The van der Waals surface area contributed by atoms with Crippen LogP contribution in [-0.4, -0.2) is 35.8 Å². The van der Waals surface area contributed by atoms with Crippen molar-refractivity contribution < 1.29 is 31.1 Å². The first-order valence-electron chi connectivity index (χ1n) is 8.78. The summed E-state index contributed by atoms with van der Waals surface area (Å²) in [5, 5.41) is 0. The standard InChI is InChI=1S/C21H16F6N2O/c1-29-11-15(7-13-3-2-6-28-10-13)19(30)16(12-29)8-14-4-5-17(20(22,23)24)9-18(14)21(25,26)27/h2-10H,11-12H2,1H3/b15-7?,16-8+. The number of hydrogen-bond acceptors (Lipinski definition) is 3. The topological polar surface area (TPSA) is 33.2 Å². The van der Waals surface area contributed by atoms with Gasteiger partial charge in [0.25, 0.3) is 0 Å². The Balaban J connectivity index is 2.05. The molecule has 0 aliphatic carbocycles. The average Bonchev–Trinajstić information content (AvgIpc) is 2.65. The van der Waals surface area contributed by atoms with E-state index in [1.165, 1.54) is 6.20 Å². The Morgan fingerprint density at radius 3 is 2.20 bits per heavy atom. The van der Waals surface area contributed by atoms with Crippen molar-refractivity contribution in [1.82, 2.24) is 9.88 Å². The molecule has 0 spiro atoms. The van der Waals surface area contributed by atoms with Gasteiger partial charge in [0.1, 0.15) is 0 Å². The van der Waals surface area contributed by atoms with E-state index in [1.807, 2.05) is 0 Å². The summed E-state index contributed by atoms with van der Waals surface area (Å²) in [6, 6.07) is 4.78. The monoisotopic (exact) mass is 426 g/mol. The van der Waals surface area contributed by atoms with Gasteiger partial charge < -0.3 is 0 Å². The van der Waals surface area contributed by atoms with Crippen molar-refractivity contribution in [2.75, 3.05) is 20.1 Å². The van der Waals surface area contributed by atoms with E-state index in [2.05, 4.69) is 4.98 Å². The van der Waals surface area contributed by atoms with E-state index in [0.29, 0.717) is 17.2 Å². The van der Waals surface area contributed by atoms with Crippen molar-refractivity contribution in [3.05, 3.63) is 76.1 Å². The van der Waals surface area contributed by atoms with Gasteiger partial charge in [0.2, 0.25) is 0 Å². The number of carbonyl (C=O) groups excluding carboxylic acids is 1. The van der Waals surface area contributed by atoms with Crippen LogP contribution in [0.5, 0.6) is 0 Å². The van der Waals surface area contributed by atoms with Gasteiger partial charge in [0.15, 0.2) is 5.78 Å². The Morgan fingerprint density at radius 2 is 1.63 bits per heavy atom. The predicted molar refractivity (Wildman–Crippen MR) is 99.1 cm³/mol. The van der Waals surface area contributed by atoms with Crippen LogP contribution in [0.4, 0.5) is 26.3 Å². The van der Waals surface area contributed by atoms with Gasteiger partial charge in [0, 0.05) is 36.6 Å². The number of Topliss-reactive ketones (excluding diaryl/α,β-unsaturated/α-hetero) is 1. The van der Waals surface area contributed by atoms with E-state index in [9.17, 15) is 31.1 Å². The molecule has 9 heteroatoms. The highest BCUT2D eigenvalue weighted by molar-refractivity contribution is 6.14. The zero-order valence-electron chi connectivity index (χ0n) is 15.7. The molecule has 0 N–H and O–H groups in total. The maximum Gasteiger partial charge on any atom is 0.417 e. The molecule has 1 aromatic heterocycles. The van der Waals surface area contributed by atoms with Crippen molar-refractivity contribution in [2.45, 2.75) is 12.4 Å². The van der Waals surface area contributed by atoms with Gasteiger partial charge in [-0.15, -0.1) is 0 Å². The minimum absolute atomic E-state index is 0.0594. The number of benzene rings is 1. The molecule has 1 aliphatic heterocycles. The van der Waals surface area contributed by atoms with E-state index < -0.39 is 34.8 Å². The molecule has 3 nitrogen and oxygen atoms in total.